The van der Waals surface area contributed by atoms with Crippen LogP contribution in [0.25, 0.3) is 0 Å². The number of nitrogens with zero attached hydrogens (tertiary/aromatic N) is 1. The van der Waals surface area contributed by atoms with Crippen molar-refractivity contribution < 1.29 is 8.42 Å². The maximum absolute atomic E-state index is 11.8. The number of nitrogens with two attached hydrogens (primary N) is 1. The first-order valence-corrected chi connectivity index (χ1v) is 8.55. The van der Waals surface area contributed by atoms with E-state index < -0.39 is 10.0 Å². The number of anilines is 1. The minimum absolute atomic E-state index is 0.218. The fourth-order valence-electron chi connectivity index (χ4n) is 2.90. The largest absolute Gasteiger partial charge is 0.366 e. The summed E-state index contributed by atoms with van der Waals surface area (Å²) in [5, 5.41) is 8.62. The summed E-state index contributed by atoms with van der Waals surface area (Å²) in [4.78, 5) is 2.40. The van der Waals surface area contributed by atoms with Gasteiger partial charge >= 0.3 is 0 Å². The SMILES string of the molecule is CNC(C)C1CCCCN1c1ccccc1S(N)(=O)=O. The predicted octanol–water partition coefficient (Wildman–Crippen LogP) is 1.30. The second-order valence-electron chi connectivity index (χ2n) is 5.35. The molecule has 0 saturated carbocycles. The third-order valence-corrected chi connectivity index (χ3v) is 5.02. The Bertz CT molecular complexity index is 559. The third kappa shape index (κ3) is 3.13. The minimum atomic E-state index is -3.70. The van der Waals surface area contributed by atoms with Crippen molar-refractivity contribution >= 4 is 15.7 Å². The second-order valence-corrected chi connectivity index (χ2v) is 6.88. The average Bonchev–Trinajstić information content (AvgIpc) is 2.45. The molecule has 1 aliphatic heterocycles. The monoisotopic (exact) mass is 297 g/mol. The van der Waals surface area contributed by atoms with Crippen LogP contribution in [0.3, 0.4) is 0 Å². The smallest absolute Gasteiger partial charge is 0.240 e. The Morgan fingerprint density at radius 2 is 2.05 bits per heavy atom. The molecule has 6 heteroatoms. The van der Waals surface area contributed by atoms with Crippen LogP contribution in [0.1, 0.15) is 26.2 Å². The van der Waals surface area contributed by atoms with Crippen LogP contribution < -0.4 is 15.4 Å². The van der Waals surface area contributed by atoms with Gasteiger partial charge in [0.25, 0.3) is 0 Å². The van der Waals surface area contributed by atoms with Crippen LogP contribution >= 0.6 is 0 Å². The van der Waals surface area contributed by atoms with Gasteiger partial charge in [-0.1, -0.05) is 12.1 Å². The lowest BCUT2D eigenvalue weighted by Gasteiger charge is -2.41. The van der Waals surface area contributed by atoms with Gasteiger partial charge in [0.1, 0.15) is 4.90 Å². The van der Waals surface area contributed by atoms with Crippen molar-refractivity contribution in [2.24, 2.45) is 5.14 Å². The number of sulfonamides is 1. The zero-order valence-electron chi connectivity index (χ0n) is 12.0. The zero-order chi connectivity index (χ0) is 14.8. The first-order valence-electron chi connectivity index (χ1n) is 7.01. The number of rotatable bonds is 4. The molecule has 5 nitrogen and oxygen atoms in total. The molecule has 0 spiro atoms. The van der Waals surface area contributed by atoms with Crippen LogP contribution in [0.2, 0.25) is 0 Å². The third-order valence-electron chi connectivity index (χ3n) is 4.06. The standard InChI is InChI=1S/C14H23N3O2S/c1-11(16-2)12-7-5-6-10-17(12)13-8-3-4-9-14(13)20(15,18)19/h3-4,8-9,11-12,16H,5-7,10H2,1-2H3,(H2,15,18,19). The summed E-state index contributed by atoms with van der Waals surface area (Å²) in [6.07, 6.45) is 3.30. The minimum Gasteiger partial charge on any atom is -0.366 e. The molecule has 2 atom stereocenters. The maximum Gasteiger partial charge on any atom is 0.240 e. The molecule has 1 fully saturated rings. The number of nitrogens with one attached hydrogen (secondary N) is 1. The maximum atomic E-state index is 11.8. The normalized spacial score (nSPS) is 21.8. The first-order chi connectivity index (χ1) is 9.45. The van der Waals surface area contributed by atoms with E-state index >= 15 is 0 Å². The number of primary sulfonamides is 1. The van der Waals surface area contributed by atoms with E-state index in [9.17, 15) is 8.42 Å². The van der Waals surface area contributed by atoms with E-state index in [0.29, 0.717) is 6.04 Å². The van der Waals surface area contributed by atoms with E-state index in [4.69, 9.17) is 5.14 Å². The molecule has 112 valence electrons. The Morgan fingerprint density at radius 3 is 2.70 bits per heavy atom. The van der Waals surface area contributed by atoms with Crippen molar-refractivity contribution in [3.63, 3.8) is 0 Å². The number of hydrogen-bond donors (Lipinski definition) is 2. The van der Waals surface area contributed by atoms with Crippen LogP contribution in [-0.4, -0.2) is 34.1 Å². The van der Waals surface area contributed by atoms with Gasteiger partial charge in [-0.2, -0.15) is 0 Å². The molecule has 0 bridgehead atoms. The van der Waals surface area contributed by atoms with E-state index in [1.807, 2.05) is 19.2 Å². The van der Waals surface area contributed by atoms with Crippen molar-refractivity contribution in [2.45, 2.75) is 43.2 Å². The molecule has 1 aromatic carbocycles. The first kappa shape index (κ1) is 15.3. The molecule has 0 aliphatic carbocycles. The van der Waals surface area contributed by atoms with Gasteiger partial charge in [0.15, 0.2) is 0 Å². The summed E-state index contributed by atoms with van der Waals surface area (Å²) in [5.74, 6) is 0. The highest BCUT2D eigenvalue weighted by molar-refractivity contribution is 7.89. The quantitative estimate of drug-likeness (QED) is 0.878. The summed E-state index contributed by atoms with van der Waals surface area (Å²) in [5.41, 5.74) is 0.724. The van der Waals surface area contributed by atoms with E-state index in [0.717, 1.165) is 25.1 Å². The Morgan fingerprint density at radius 1 is 1.35 bits per heavy atom. The highest BCUT2D eigenvalue weighted by Crippen LogP contribution is 2.31. The predicted molar refractivity (Wildman–Crippen MR) is 81.3 cm³/mol. The van der Waals surface area contributed by atoms with Crippen molar-refractivity contribution in [1.29, 1.82) is 0 Å². The summed E-state index contributed by atoms with van der Waals surface area (Å²) in [6.45, 7) is 2.99. The molecule has 3 N–H and O–H groups in total. The summed E-state index contributed by atoms with van der Waals surface area (Å²) in [6, 6.07) is 7.59. The van der Waals surface area contributed by atoms with E-state index in [-0.39, 0.29) is 10.9 Å². The van der Waals surface area contributed by atoms with Crippen LogP contribution in [0.4, 0.5) is 5.69 Å². The summed E-state index contributed by atoms with van der Waals surface area (Å²) in [7, 11) is -1.77. The van der Waals surface area contributed by atoms with Crippen molar-refractivity contribution in [3.05, 3.63) is 24.3 Å². The fraction of sp³-hybridized carbons (Fsp3) is 0.571. The Hall–Kier alpha value is -1.11. The molecule has 2 rings (SSSR count). The summed E-state index contributed by atoms with van der Waals surface area (Å²) < 4.78 is 23.6. The highest BCUT2D eigenvalue weighted by Gasteiger charge is 2.29. The highest BCUT2D eigenvalue weighted by atomic mass is 32.2. The van der Waals surface area contributed by atoms with Crippen LogP contribution in [0.5, 0.6) is 0 Å². The van der Waals surface area contributed by atoms with Gasteiger partial charge in [-0.05, 0) is 45.4 Å². The Balaban J connectivity index is 2.43. The number of hydrogen-bond acceptors (Lipinski definition) is 4. The molecular formula is C14H23N3O2S. The van der Waals surface area contributed by atoms with Gasteiger partial charge in [0.05, 0.1) is 5.69 Å². The number of benzene rings is 1. The van der Waals surface area contributed by atoms with Crippen LogP contribution in [0.15, 0.2) is 29.2 Å². The van der Waals surface area contributed by atoms with Gasteiger partial charge < -0.3 is 10.2 Å². The lowest BCUT2D eigenvalue weighted by atomic mass is 9.96. The van der Waals surface area contributed by atoms with Crippen LogP contribution in [0, 0.1) is 0 Å². The topological polar surface area (TPSA) is 75.4 Å². The molecule has 1 aliphatic rings. The Kier molecular flexibility index (Phi) is 4.67. The molecule has 1 aromatic rings. The lowest BCUT2D eigenvalue weighted by Crippen LogP contribution is -2.50. The fourth-order valence-corrected chi connectivity index (χ4v) is 3.65. The van der Waals surface area contributed by atoms with Crippen LogP contribution in [-0.2, 0) is 10.0 Å². The molecule has 1 heterocycles. The van der Waals surface area contributed by atoms with Gasteiger partial charge in [-0.15, -0.1) is 0 Å². The lowest BCUT2D eigenvalue weighted by molar-refractivity contribution is 0.381. The zero-order valence-corrected chi connectivity index (χ0v) is 12.9. The Labute approximate surface area is 121 Å². The summed E-state index contributed by atoms with van der Waals surface area (Å²) >= 11 is 0. The number of para-hydroxylation sites is 1. The molecule has 2 unspecified atom stereocenters. The van der Waals surface area contributed by atoms with Crippen molar-refractivity contribution in [2.75, 3.05) is 18.5 Å². The van der Waals surface area contributed by atoms with E-state index in [2.05, 4.69) is 17.1 Å². The van der Waals surface area contributed by atoms with E-state index in [1.54, 1.807) is 12.1 Å². The molecule has 1 saturated heterocycles. The van der Waals surface area contributed by atoms with Gasteiger partial charge in [-0.25, -0.2) is 13.6 Å². The number of likely N-dealkylation sites (N-methyl/N-ethyl adjacent to an activating group) is 1. The van der Waals surface area contributed by atoms with E-state index in [1.165, 1.54) is 6.42 Å². The van der Waals surface area contributed by atoms with Gasteiger partial charge in [0.2, 0.25) is 10.0 Å². The molecule has 20 heavy (non-hydrogen) atoms. The van der Waals surface area contributed by atoms with Gasteiger partial charge in [-0.3, -0.25) is 0 Å². The van der Waals surface area contributed by atoms with Crippen molar-refractivity contribution in [1.82, 2.24) is 5.32 Å². The molecule has 0 radical (unpaired) electrons. The molecule has 0 aromatic heterocycles. The number of piperidine rings is 1. The van der Waals surface area contributed by atoms with Crippen molar-refractivity contribution in [3.8, 4) is 0 Å². The molecular weight excluding hydrogens is 274 g/mol. The molecule has 0 amide bonds. The van der Waals surface area contributed by atoms with Gasteiger partial charge in [0, 0.05) is 18.6 Å². The average molecular weight is 297 g/mol. The second kappa shape index (κ2) is 6.11.